The summed E-state index contributed by atoms with van der Waals surface area (Å²) in [6, 6.07) is -0.145. The average molecular weight is 172 g/mol. The highest BCUT2D eigenvalue weighted by molar-refractivity contribution is 5.87. The standard InChI is InChI=1S/C8H13FN2O/c1-6(7(2)10-3)5-8(12)11(4)9/h5,7H,3H2,1-2,4H3/b6-5+/t7-/m0/s1. The van der Waals surface area contributed by atoms with Gasteiger partial charge < -0.3 is 0 Å². The van der Waals surface area contributed by atoms with Crippen LogP contribution in [0.15, 0.2) is 16.6 Å². The van der Waals surface area contributed by atoms with Crippen molar-refractivity contribution in [2.24, 2.45) is 4.99 Å². The molecule has 0 rings (SSSR count). The molecule has 0 aromatic carbocycles. The third-order valence-corrected chi connectivity index (χ3v) is 1.59. The van der Waals surface area contributed by atoms with E-state index in [1.54, 1.807) is 13.8 Å². The maximum Gasteiger partial charge on any atom is 0.273 e. The van der Waals surface area contributed by atoms with Crippen molar-refractivity contribution in [2.45, 2.75) is 19.9 Å². The van der Waals surface area contributed by atoms with Gasteiger partial charge >= 0.3 is 0 Å². The molecule has 0 aliphatic rings. The Bertz CT molecular complexity index is 211. The Kier molecular flexibility index (Phi) is 4.18. The second kappa shape index (κ2) is 4.64. The molecule has 0 saturated heterocycles. The zero-order chi connectivity index (χ0) is 9.72. The zero-order valence-corrected chi connectivity index (χ0v) is 7.54. The van der Waals surface area contributed by atoms with Crippen molar-refractivity contribution in [3.63, 3.8) is 0 Å². The smallest absolute Gasteiger partial charge is 0.273 e. The minimum atomic E-state index is -0.678. The molecule has 0 bridgehead atoms. The molecular weight excluding hydrogens is 159 g/mol. The molecule has 3 nitrogen and oxygen atoms in total. The highest BCUT2D eigenvalue weighted by Gasteiger charge is 2.06. The van der Waals surface area contributed by atoms with E-state index in [-0.39, 0.29) is 11.2 Å². The Morgan fingerprint density at radius 1 is 1.75 bits per heavy atom. The number of carbonyl (C=O) groups is 1. The maximum atomic E-state index is 12.2. The number of halogens is 1. The minimum Gasteiger partial charge on any atom is -0.293 e. The number of hydrogen-bond donors (Lipinski definition) is 0. The molecule has 0 heterocycles. The normalized spacial score (nSPS) is 13.8. The summed E-state index contributed by atoms with van der Waals surface area (Å²) >= 11 is 0. The van der Waals surface area contributed by atoms with Crippen molar-refractivity contribution in [1.29, 1.82) is 0 Å². The highest BCUT2D eigenvalue weighted by atomic mass is 19.2. The van der Waals surface area contributed by atoms with Gasteiger partial charge in [0, 0.05) is 13.1 Å². The molecule has 0 radical (unpaired) electrons. The molecule has 4 heteroatoms. The molecule has 68 valence electrons. The Morgan fingerprint density at radius 3 is 2.58 bits per heavy atom. The molecule has 12 heavy (non-hydrogen) atoms. The first-order valence-electron chi connectivity index (χ1n) is 3.56. The molecule has 0 N–H and O–H groups in total. The largest absolute Gasteiger partial charge is 0.293 e. The summed E-state index contributed by atoms with van der Waals surface area (Å²) < 4.78 is 12.2. The van der Waals surface area contributed by atoms with Crippen LogP contribution >= 0.6 is 0 Å². The summed E-state index contributed by atoms with van der Waals surface area (Å²) in [4.78, 5) is 14.5. The molecule has 0 aromatic heterocycles. The molecule has 0 spiro atoms. The number of nitrogens with zero attached hydrogens (tertiary/aromatic N) is 2. The number of likely N-dealkylation sites (N-methyl/N-ethyl adjacent to an activating group) is 1. The number of rotatable bonds is 3. The lowest BCUT2D eigenvalue weighted by molar-refractivity contribution is -0.137. The number of carbonyl (C=O) groups excluding carboxylic acids is 1. The van der Waals surface area contributed by atoms with Gasteiger partial charge in [0.05, 0.1) is 6.04 Å². The summed E-state index contributed by atoms with van der Waals surface area (Å²) in [5, 5.41) is 0.0271. The van der Waals surface area contributed by atoms with Gasteiger partial charge in [-0.2, -0.15) is 5.12 Å². The monoisotopic (exact) mass is 172 g/mol. The van der Waals surface area contributed by atoms with Crippen LogP contribution in [-0.4, -0.2) is 30.8 Å². The van der Waals surface area contributed by atoms with E-state index >= 15 is 0 Å². The highest BCUT2D eigenvalue weighted by Crippen LogP contribution is 2.04. The van der Waals surface area contributed by atoms with Gasteiger partial charge in [-0.3, -0.25) is 9.79 Å². The van der Waals surface area contributed by atoms with Crippen LogP contribution in [0.25, 0.3) is 0 Å². The van der Waals surface area contributed by atoms with Crippen LogP contribution in [0.4, 0.5) is 4.48 Å². The van der Waals surface area contributed by atoms with E-state index in [1.807, 2.05) is 0 Å². The second-order valence-electron chi connectivity index (χ2n) is 2.56. The molecular formula is C8H13FN2O. The Labute approximate surface area is 71.5 Å². The fourth-order valence-electron chi connectivity index (χ4n) is 0.548. The number of aliphatic imine (C=N–C) groups is 1. The SMILES string of the molecule is C=N[C@@H](C)/C(C)=C/C(=O)N(C)F. The molecule has 0 fully saturated rings. The Morgan fingerprint density at radius 2 is 2.25 bits per heavy atom. The van der Waals surface area contributed by atoms with Gasteiger partial charge in [0.25, 0.3) is 5.91 Å². The van der Waals surface area contributed by atoms with Crippen molar-refractivity contribution in [2.75, 3.05) is 7.05 Å². The van der Waals surface area contributed by atoms with Crippen molar-refractivity contribution < 1.29 is 9.28 Å². The lowest BCUT2D eigenvalue weighted by Crippen LogP contribution is -2.16. The van der Waals surface area contributed by atoms with Crippen LogP contribution in [0, 0.1) is 0 Å². The van der Waals surface area contributed by atoms with Gasteiger partial charge in [0.2, 0.25) is 0 Å². The topological polar surface area (TPSA) is 32.7 Å². The van der Waals surface area contributed by atoms with Crippen molar-refractivity contribution in [1.82, 2.24) is 5.12 Å². The quantitative estimate of drug-likeness (QED) is 0.359. The van der Waals surface area contributed by atoms with Crippen molar-refractivity contribution >= 4 is 12.6 Å². The van der Waals surface area contributed by atoms with Crippen molar-refractivity contribution in [3.8, 4) is 0 Å². The number of hydrogen-bond acceptors (Lipinski definition) is 2. The first-order valence-corrected chi connectivity index (χ1v) is 3.56. The molecule has 0 saturated carbocycles. The molecule has 0 aliphatic heterocycles. The summed E-state index contributed by atoms with van der Waals surface area (Å²) in [6.07, 6.45) is 1.21. The average Bonchev–Trinajstić information content (AvgIpc) is 2.02. The van der Waals surface area contributed by atoms with E-state index in [0.717, 1.165) is 7.05 Å². The lowest BCUT2D eigenvalue weighted by atomic mass is 10.1. The van der Waals surface area contributed by atoms with E-state index in [2.05, 4.69) is 11.7 Å². The molecule has 0 unspecified atom stereocenters. The fraction of sp³-hybridized carbons (Fsp3) is 0.500. The van der Waals surface area contributed by atoms with Crippen LogP contribution in [-0.2, 0) is 4.79 Å². The zero-order valence-electron chi connectivity index (χ0n) is 7.54. The van der Waals surface area contributed by atoms with E-state index in [9.17, 15) is 9.28 Å². The van der Waals surface area contributed by atoms with Crippen LogP contribution in [0.1, 0.15) is 13.8 Å². The van der Waals surface area contributed by atoms with Gasteiger partial charge in [-0.15, -0.1) is 0 Å². The third kappa shape index (κ3) is 3.27. The minimum absolute atomic E-state index is 0.0271. The van der Waals surface area contributed by atoms with Crippen LogP contribution in [0.3, 0.4) is 0 Å². The first-order chi connectivity index (χ1) is 5.49. The lowest BCUT2D eigenvalue weighted by Gasteiger charge is -2.06. The van der Waals surface area contributed by atoms with Crippen LogP contribution in [0.5, 0.6) is 0 Å². The number of amides is 1. The van der Waals surface area contributed by atoms with Gasteiger partial charge in [0.15, 0.2) is 0 Å². The van der Waals surface area contributed by atoms with E-state index in [1.165, 1.54) is 6.08 Å². The van der Waals surface area contributed by atoms with E-state index in [4.69, 9.17) is 0 Å². The Hall–Kier alpha value is -1.19. The third-order valence-electron chi connectivity index (χ3n) is 1.59. The van der Waals surface area contributed by atoms with E-state index < -0.39 is 5.91 Å². The molecule has 1 atom stereocenters. The van der Waals surface area contributed by atoms with Crippen LogP contribution < -0.4 is 0 Å². The predicted octanol–water partition coefficient (Wildman–Crippen LogP) is 1.36. The second-order valence-corrected chi connectivity index (χ2v) is 2.56. The van der Waals surface area contributed by atoms with Crippen LogP contribution in [0.2, 0.25) is 0 Å². The van der Waals surface area contributed by atoms with E-state index in [0.29, 0.717) is 5.57 Å². The summed E-state index contributed by atoms with van der Waals surface area (Å²) in [5.41, 5.74) is 0.694. The summed E-state index contributed by atoms with van der Waals surface area (Å²) in [6.45, 7) is 6.82. The predicted molar refractivity (Wildman–Crippen MR) is 46.6 cm³/mol. The van der Waals surface area contributed by atoms with Gasteiger partial charge in [0.1, 0.15) is 0 Å². The summed E-state index contributed by atoms with van der Waals surface area (Å²) in [5.74, 6) is -0.678. The summed E-state index contributed by atoms with van der Waals surface area (Å²) in [7, 11) is 1.05. The molecule has 0 aliphatic carbocycles. The van der Waals surface area contributed by atoms with Gasteiger partial charge in [-0.1, -0.05) is 4.48 Å². The van der Waals surface area contributed by atoms with Crippen molar-refractivity contribution in [3.05, 3.63) is 11.6 Å². The van der Waals surface area contributed by atoms with Gasteiger partial charge in [-0.25, -0.2) is 0 Å². The molecule has 0 aromatic rings. The maximum absolute atomic E-state index is 12.2. The fourth-order valence-corrected chi connectivity index (χ4v) is 0.548. The first kappa shape index (κ1) is 10.8. The molecule has 1 amide bonds. The van der Waals surface area contributed by atoms with Gasteiger partial charge in [-0.05, 0) is 26.1 Å². The Balaban J connectivity index is 4.35.